The second-order valence-electron chi connectivity index (χ2n) is 4.41. The van der Waals surface area contributed by atoms with Crippen LogP contribution in [0.1, 0.15) is 15.9 Å². The minimum absolute atomic E-state index is 0.0865. The Balaban J connectivity index is 2.26. The van der Waals surface area contributed by atoms with Crippen LogP contribution in [0.3, 0.4) is 0 Å². The summed E-state index contributed by atoms with van der Waals surface area (Å²) >= 11 is 0. The van der Waals surface area contributed by atoms with E-state index < -0.39 is 0 Å². The lowest BCUT2D eigenvalue weighted by atomic mass is 10.1. The van der Waals surface area contributed by atoms with Crippen molar-refractivity contribution in [3.05, 3.63) is 53.6 Å². The molecule has 1 N–H and O–H groups in total. The van der Waals surface area contributed by atoms with Crippen LogP contribution < -0.4 is 9.64 Å². The van der Waals surface area contributed by atoms with Crippen molar-refractivity contribution in [3.8, 4) is 17.6 Å². The second kappa shape index (κ2) is 5.97. The number of nitriles is 1. The van der Waals surface area contributed by atoms with E-state index >= 15 is 0 Å². The summed E-state index contributed by atoms with van der Waals surface area (Å²) in [5.74, 6) is -0.0400. The minimum atomic E-state index is -0.266. The van der Waals surface area contributed by atoms with Crippen LogP contribution in [0.15, 0.2) is 42.5 Å². The first-order valence-corrected chi connectivity index (χ1v) is 6.22. The Labute approximate surface area is 122 Å². The molecule has 0 saturated heterocycles. The van der Waals surface area contributed by atoms with Crippen LogP contribution in [0.5, 0.6) is 11.5 Å². The summed E-state index contributed by atoms with van der Waals surface area (Å²) in [6.45, 7) is 0. The van der Waals surface area contributed by atoms with Crippen molar-refractivity contribution >= 4 is 11.6 Å². The summed E-state index contributed by atoms with van der Waals surface area (Å²) in [6.07, 6.45) is 0. The smallest absolute Gasteiger partial charge is 0.258 e. The maximum Gasteiger partial charge on any atom is 0.258 e. The SMILES string of the molecule is COc1ccc(C(=O)N(C)c2ccc(C#N)cc2)cc1O. The van der Waals surface area contributed by atoms with E-state index in [0.29, 0.717) is 22.6 Å². The molecule has 0 heterocycles. The summed E-state index contributed by atoms with van der Waals surface area (Å²) in [4.78, 5) is 13.8. The largest absolute Gasteiger partial charge is 0.504 e. The van der Waals surface area contributed by atoms with Gasteiger partial charge in [-0.05, 0) is 42.5 Å². The topological polar surface area (TPSA) is 73.6 Å². The number of benzene rings is 2. The number of hydrogen-bond donors (Lipinski definition) is 1. The highest BCUT2D eigenvalue weighted by molar-refractivity contribution is 6.06. The van der Waals surface area contributed by atoms with E-state index in [9.17, 15) is 9.90 Å². The van der Waals surface area contributed by atoms with Gasteiger partial charge in [0.1, 0.15) is 0 Å². The summed E-state index contributed by atoms with van der Waals surface area (Å²) in [5, 5.41) is 18.5. The molecule has 0 fully saturated rings. The Morgan fingerprint density at radius 1 is 1.24 bits per heavy atom. The highest BCUT2D eigenvalue weighted by Crippen LogP contribution is 2.27. The zero-order chi connectivity index (χ0) is 15.4. The molecule has 0 aromatic heterocycles. The van der Waals surface area contributed by atoms with E-state index in [1.165, 1.54) is 24.1 Å². The van der Waals surface area contributed by atoms with E-state index in [4.69, 9.17) is 10.00 Å². The number of anilines is 1. The first kappa shape index (κ1) is 14.4. The number of hydrogen-bond acceptors (Lipinski definition) is 4. The molecule has 2 aromatic rings. The van der Waals surface area contributed by atoms with Crippen LogP contribution in [0, 0.1) is 11.3 Å². The number of phenolic OH excluding ortho intramolecular Hbond substituents is 1. The number of rotatable bonds is 3. The lowest BCUT2D eigenvalue weighted by Gasteiger charge is -2.17. The maximum atomic E-state index is 12.4. The number of amides is 1. The number of carbonyl (C=O) groups is 1. The van der Waals surface area contributed by atoms with Gasteiger partial charge in [-0.15, -0.1) is 0 Å². The van der Waals surface area contributed by atoms with Crippen LogP contribution in [-0.2, 0) is 0 Å². The molecule has 0 spiro atoms. The molecule has 1 amide bonds. The Morgan fingerprint density at radius 2 is 1.90 bits per heavy atom. The predicted molar refractivity (Wildman–Crippen MR) is 78.5 cm³/mol. The zero-order valence-electron chi connectivity index (χ0n) is 11.7. The van der Waals surface area contributed by atoms with E-state index in [1.807, 2.05) is 6.07 Å². The van der Waals surface area contributed by atoms with Gasteiger partial charge in [-0.25, -0.2) is 0 Å². The Hall–Kier alpha value is -3.00. The first-order chi connectivity index (χ1) is 10.1. The summed E-state index contributed by atoms with van der Waals surface area (Å²) in [7, 11) is 3.07. The molecule has 0 saturated carbocycles. The highest BCUT2D eigenvalue weighted by Gasteiger charge is 2.15. The third kappa shape index (κ3) is 2.95. The van der Waals surface area contributed by atoms with Gasteiger partial charge in [-0.2, -0.15) is 5.26 Å². The van der Waals surface area contributed by atoms with Crippen molar-refractivity contribution in [1.29, 1.82) is 5.26 Å². The normalized spacial score (nSPS) is 9.76. The molecule has 5 nitrogen and oxygen atoms in total. The third-order valence-electron chi connectivity index (χ3n) is 3.11. The molecular weight excluding hydrogens is 268 g/mol. The Morgan fingerprint density at radius 3 is 2.43 bits per heavy atom. The molecule has 0 aliphatic carbocycles. The first-order valence-electron chi connectivity index (χ1n) is 6.22. The Bertz CT molecular complexity index is 702. The van der Waals surface area contributed by atoms with E-state index in [1.54, 1.807) is 37.4 Å². The fourth-order valence-corrected chi connectivity index (χ4v) is 1.89. The van der Waals surface area contributed by atoms with Crippen molar-refractivity contribution in [1.82, 2.24) is 0 Å². The van der Waals surface area contributed by atoms with Crippen LogP contribution >= 0.6 is 0 Å². The predicted octanol–water partition coefficient (Wildman–Crippen LogP) is 2.55. The van der Waals surface area contributed by atoms with Gasteiger partial charge in [0.05, 0.1) is 18.7 Å². The van der Waals surface area contributed by atoms with Crippen LogP contribution in [0.2, 0.25) is 0 Å². The zero-order valence-corrected chi connectivity index (χ0v) is 11.7. The molecule has 106 valence electrons. The molecule has 0 bridgehead atoms. The molecule has 0 aliphatic rings. The molecule has 5 heteroatoms. The van der Waals surface area contributed by atoms with Crippen molar-refractivity contribution in [3.63, 3.8) is 0 Å². The molecule has 0 radical (unpaired) electrons. The lowest BCUT2D eigenvalue weighted by molar-refractivity contribution is 0.0992. The minimum Gasteiger partial charge on any atom is -0.504 e. The molecule has 0 aliphatic heterocycles. The maximum absolute atomic E-state index is 12.4. The van der Waals surface area contributed by atoms with Crippen LogP contribution in [0.4, 0.5) is 5.69 Å². The number of nitrogens with zero attached hydrogens (tertiary/aromatic N) is 2. The number of ether oxygens (including phenoxy) is 1. The Kier molecular flexibility index (Phi) is 4.10. The van der Waals surface area contributed by atoms with Crippen molar-refractivity contribution in [2.45, 2.75) is 0 Å². The van der Waals surface area contributed by atoms with E-state index in [0.717, 1.165) is 0 Å². The van der Waals surface area contributed by atoms with Gasteiger partial charge in [0.15, 0.2) is 11.5 Å². The quantitative estimate of drug-likeness (QED) is 0.938. The van der Waals surface area contributed by atoms with E-state index in [-0.39, 0.29) is 11.7 Å². The average molecular weight is 282 g/mol. The summed E-state index contributed by atoms with van der Waals surface area (Å²) in [5.41, 5.74) is 1.54. The van der Waals surface area contributed by atoms with Gasteiger partial charge >= 0.3 is 0 Å². The molecule has 21 heavy (non-hydrogen) atoms. The molecule has 0 atom stereocenters. The van der Waals surface area contributed by atoms with Gasteiger partial charge in [0, 0.05) is 18.3 Å². The van der Waals surface area contributed by atoms with Gasteiger partial charge in [0.2, 0.25) is 0 Å². The number of methoxy groups -OCH3 is 1. The van der Waals surface area contributed by atoms with Gasteiger partial charge < -0.3 is 14.7 Å². The average Bonchev–Trinajstić information content (AvgIpc) is 2.53. The van der Waals surface area contributed by atoms with Gasteiger partial charge in [-0.1, -0.05) is 0 Å². The number of phenols is 1. The lowest BCUT2D eigenvalue weighted by Crippen LogP contribution is -2.26. The van der Waals surface area contributed by atoms with Crippen LogP contribution in [0.25, 0.3) is 0 Å². The summed E-state index contributed by atoms with van der Waals surface area (Å²) in [6, 6.07) is 13.2. The molecule has 2 aromatic carbocycles. The van der Waals surface area contributed by atoms with Crippen LogP contribution in [-0.4, -0.2) is 25.2 Å². The molecule has 0 unspecified atom stereocenters. The van der Waals surface area contributed by atoms with Crippen molar-refractivity contribution < 1.29 is 14.6 Å². The summed E-state index contributed by atoms with van der Waals surface area (Å²) < 4.78 is 4.94. The van der Waals surface area contributed by atoms with Gasteiger partial charge in [0.25, 0.3) is 5.91 Å². The third-order valence-corrected chi connectivity index (χ3v) is 3.11. The van der Waals surface area contributed by atoms with Gasteiger partial charge in [-0.3, -0.25) is 4.79 Å². The molecular formula is C16H14N2O3. The van der Waals surface area contributed by atoms with Crippen molar-refractivity contribution in [2.24, 2.45) is 0 Å². The van der Waals surface area contributed by atoms with Crippen molar-refractivity contribution in [2.75, 3.05) is 19.1 Å². The highest BCUT2D eigenvalue weighted by atomic mass is 16.5. The fraction of sp³-hybridized carbons (Fsp3) is 0.125. The molecule has 2 rings (SSSR count). The standard InChI is InChI=1S/C16H14N2O3/c1-18(13-6-3-11(10-17)4-7-13)16(20)12-5-8-15(21-2)14(19)9-12/h3-9,19H,1-2H3. The number of carbonyl (C=O) groups excluding carboxylic acids is 1. The number of aromatic hydroxyl groups is 1. The monoisotopic (exact) mass is 282 g/mol. The second-order valence-corrected chi connectivity index (χ2v) is 4.41. The van der Waals surface area contributed by atoms with E-state index in [2.05, 4.69) is 0 Å². The fourth-order valence-electron chi connectivity index (χ4n) is 1.89.